The van der Waals surface area contributed by atoms with Crippen LogP contribution in [0.3, 0.4) is 0 Å². The molecule has 1 aromatic heterocycles. The molecule has 4 rings (SSSR count). The number of halogens is 3. The topological polar surface area (TPSA) is 137 Å². The highest BCUT2D eigenvalue weighted by Crippen LogP contribution is 2.33. The van der Waals surface area contributed by atoms with Gasteiger partial charge in [0.1, 0.15) is 20.9 Å². The predicted octanol–water partition coefficient (Wildman–Crippen LogP) is 2.31. The average molecular weight is 611 g/mol. The molecule has 2 fully saturated rings. The molecule has 0 amide bonds. The molecular weight excluding hydrogens is 582 g/mol. The largest absolute Gasteiger partial charge is 0.433 e. The van der Waals surface area contributed by atoms with Crippen LogP contribution in [0.4, 0.5) is 14.5 Å². The minimum absolute atomic E-state index is 0.0000716. The molecule has 11 nitrogen and oxygen atoms in total. The van der Waals surface area contributed by atoms with Crippen LogP contribution in [0.25, 0.3) is 0 Å². The van der Waals surface area contributed by atoms with Gasteiger partial charge in [0.25, 0.3) is 5.56 Å². The number of alkyl halides is 2. The smallest absolute Gasteiger partial charge is 0.387 e. The molecule has 0 radical (unpaired) electrons. The van der Waals surface area contributed by atoms with Crippen molar-refractivity contribution in [3.8, 4) is 5.75 Å². The van der Waals surface area contributed by atoms with Gasteiger partial charge in [0.15, 0.2) is 9.84 Å². The second-order valence-corrected chi connectivity index (χ2v) is 13.9. The Bertz CT molecular complexity index is 1460. The van der Waals surface area contributed by atoms with E-state index in [9.17, 15) is 30.4 Å². The molecule has 2 aromatic rings. The Morgan fingerprint density at radius 3 is 2.64 bits per heavy atom. The first-order chi connectivity index (χ1) is 18.4. The summed E-state index contributed by atoms with van der Waals surface area (Å²) < 4.78 is 88.9. The van der Waals surface area contributed by atoms with E-state index >= 15 is 0 Å². The van der Waals surface area contributed by atoms with Crippen molar-refractivity contribution >= 4 is 37.1 Å². The fourth-order valence-corrected chi connectivity index (χ4v) is 7.70. The summed E-state index contributed by atoms with van der Waals surface area (Å²) in [6.45, 7) is -1.15. The lowest BCUT2D eigenvalue weighted by Gasteiger charge is -2.32. The summed E-state index contributed by atoms with van der Waals surface area (Å²) in [5.41, 5.74) is 0.229. The Balaban J connectivity index is 1.46. The van der Waals surface area contributed by atoms with E-state index in [-0.39, 0.29) is 67.0 Å². The minimum Gasteiger partial charge on any atom is -0.433 e. The number of nitrogens with zero attached hydrogens (tertiary/aromatic N) is 3. The van der Waals surface area contributed by atoms with Gasteiger partial charge in [-0.25, -0.2) is 21.5 Å². The van der Waals surface area contributed by atoms with E-state index < -0.39 is 49.1 Å². The van der Waals surface area contributed by atoms with Gasteiger partial charge in [-0.05, 0) is 37.0 Å². The van der Waals surface area contributed by atoms with E-state index in [4.69, 9.17) is 16.3 Å². The number of sulfone groups is 1. The Kier molecular flexibility index (Phi) is 9.15. The Hall–Kier alpha value is -2.33. The first-order valence-corrected chi connectivity index (χ1v) is 15.9. The molecule has 39 heavy (non-hydrogen) atoms. The molecule has 2 aliphatic rings. The molecule has 1 N–H and O–H groups in total. The summed E-state index contributed by atoms with van der Waals surface area (Å²) in [6, 6.07) is 3.64. The minimum atomic E-state index is -4.16. The van der Waals surface area contributed by atoms with Crippen LogP contribution in [0.1, 0.15) is 31.4 Å². The summed E-state index contributed by atoms with van der Waals surface area (Å²) in [5, 5.41) is 6.10. The number of rotatable bonds is 9. The third kappa shape index (κ3) is 6.53. The zero-order valence-corrected chi connectivity index (χ0v) is 23.4. The van der Waals surface area contributed by atoms with Crippen LogP contribution >= 0.6 is 11.6 Å². The molecule has 0 unspecified atom stereocenters. The lowest BCUT2D eigenvalue weighted by molar-refractivity contribution is -0.0518. The quantitative estimate of drug-likeness (QED) is 0.453. The van der Waals surface area contributed by atoms with Crippen LogP contribution in [0.2, 0.25) is 5.02 Å². The normalized spacial score (nSPS) is 20.7. The number of aryl methyl sites for hydroxylation is 1. The van der Waals surface area contributed by atoms with E-state index in [0.29, 0.717) is 12.0 Å². The van der Waals surface area contributed by atoms with Gasteiger partial charge in [0.05, 0.1) is 36.9 Å². The second-order valence-electron chi connectivity index (χ2n) is 9.22. The van der Waals surface area contributed by atoms with Gasteiger partial charge in [0.2, 0.25) is 10.0 Å². The molecule has 16 heteroatoms. The van der Waals surface area contributed by atoms with E-state index in [1.54, 1.807) is 0 Å². The molecule has 1 atom stereocenters. The predicted molar refractivity (Wildman–Crippen MR) is 140 cm³/mol. The third-order valence-electron chi connectivity index (χ3n) is 6.81. The third-order valence-corrected chi connectivity index (χ3v) is 11.1. The van der Waals surface area contributed by atoms with Crippen LogP contribution < -0.4 is 15.6 Å². The van der Waals surface area contributed by atoms with Crippen molar-refractivity contribution in [2.45, 2.75) is 49.0 Å². The van der Waals surface area contributed by atoms with Crippen molar-refractivity contribution in [2.75, 3.05) is 43.9 Å². The lowest BCUT2D eigenvalue weighted by Crippen LogP contribution is -2.42. The number of anilines is 1. The van der Waals surface area contributed by atoms with Crippen LogP contribution in [0.5, 0.6) is 5.75 Å². The van der Waals surface area contributed by atoms with Gasteiger partial charge in [-0.2, -0.15) is 18.2 Å². The summed E-state index contributed by atoms with van der Waals surface area (Å²) in [7, 11) is -7.48. The maximum absolute atomic E-state index is 13.4. The van der Waals surface area contributed by atoms with Crippen LogP contribution in [-0.4, -0.2) is 81.4 Å². The van der Waals surface area contributed by atoms with Crippen molar-refractivity contribution in [3.05, 3.63) is 45.3 Å². The maximum Gasteiger partial charge on any atom is 0.387 e. The Morgan fingerprint density at radius 2 is 2.00 bits per heavy atom. The molecule has 0 saturated carbocycles. The van der Waals surface area contributed by atoms with Crippen LogP contribution in [0.15, 0.2) is 34.1 Å². The van der Waals surface area contributed by atoms with E-state index in [2.05, 4.69) is 15.2 Å². The number of hydrogen-bond acceptors (Lipinski definition) is 9. The molecule has 1 aromatic carbocycles. The maximum atomic E-state index is 13.4. The fourth-order valence-electron chi connectivity index (χ4n) is 4.53. The zero-order chi connectivity index (χ0) is 28.4. The number of ether oxygens (including phenoxy) is 2. The van der Waals surface area contributed by atoms with Gasteiger partial charge in [-0.1, -0.05) is 24.6 Å². The lowest BCUT2D eigenvalue weighted by atomic mass is 10.1. The van der Waals surface area contributed by atoms with Gasteiger partial charge in [0, 0.05) is 19.6 Å². The summed E-state index contributed by atoms with van der Waals surface area (Å²) >= 11 is 6.28. The summed E-state index contributed by atoms with van der Waals surface area (Å²) in [4.78, 5) is 12.6. The highest BCUT2D eigenvalue weighted by atomic mass is 35.5. The van der Waals surface area contributed by atoms with Gasteiger partial charge >= 0.3 is 6.61 Å². The van der Waals surface area contributed by atoms with Crippen molar-refractivity contribution in [3.63, 3.8) is 0 Å². The van der Waals surface area contributed by atoms with Gasteiger partial charge < -0.3 is 14.8 Å². The van der Waals surface area contributed by atoms with Crippen molar-refractivity contribution in [1.29, 1.82) is 0 Å². The van der Waals surface area contributed by atoms with Crippen molar-refractivity contribution < 1.29 is 35.1 Å². The molecule has 0 aliphatic carbocycles. The first kappa shape index (κ1) is 29.6. The molecular formula is C23H29ClF2N4O7S2. The fraction of sp³-hybridized carbons (Fsp3) is 0.565. The van der Waals surface area contributed by atoms with E-state index in [1.807, 2.05) is 6.92 Å². The summed E-state index contributed by atoms with van der Waals surface area (Å²) in [6.07, 6.45) is 2.29. The number of benzene rings is 1. The number of hydrogen-bond donors (Lipinski definition) is 1. The molecule has 216 valence electrons. The van der Waals surface area contributed by atoms with E-state index in [0.717, 1.165) is 0 Å². The number of sulfonamides is 1. The standard InChI is InChI=1S/C23H29ClF2N4O7S2/c1-2-15-3-4-19(37-23(25)26)20(11-15)39(34,35)29-7-5-16(6-8-29)30-22(31)21(24)18(13-28-30)27-12-17-14-36-9-10-38(17,32)33/h3-4,11,13,16-17,23,27H,2,5-10,12,14H2,1H3/t17-/m1/s1. The van der Waals surface area contributed by atoms with Crippen molar-refractivity contribution in [1.82, 2.24) is 14.1 Å². The van der Waals surface area contributed by atoms with Gasteiger partial charge in [-0.3, -0.25) is 4.79 Å². The van der Waals surface area contributed by atoms with Crippen LogP contribution in [0, 0.1) is 0 Å². The van der Waals surface area contributed by atoms with E-state index in [1.165, 1.54) is 33.4 Å². The second kappa shape index (κ2) is 12.0. The molecule has 0 bridgehead atoms. The summed E-state index contributed by atoms with van der Waals surface area (Å²) in [5.74, 6) is -0.504. The molecule has 3 heterocycles. The zero-order valence-electron chi connectivity index (χ0n) is 21.1. The molecule has 2 aliphatic heterocycles. The monoisotopic (exact) mass is 610 g/mol. The number of aromatic nitrogens is 2. The highest BCUT2D eigenvalue weighted by molar-refractivity contribution is 7.92. The first-order valence-electron chi connectivity index (χ1n) is 12.3. The average Bonchev–Trinajstić information content (AvgIpc) is 2.90. The Labute approximate surface area is 230 Å². The van der Waals surface area contributed by atoms with Crippen LogP contribution in [-0.2, 0) is 31.0 Å². The number of nitrogens with one attached hydrogen (secondary N) is 1. The molecule has 2 saturated heterocycles. The SMILES string of the molecule is CCc1ccc(OC(F)F)c(S(=O)(=O)N2CCC(n3ncc(NC[C@@H]4COCCS4(=O)=O)c(Cl)c3=O)CC2)c1. The molecule has 0 spiro atoms. The number of piperidine rings is 1. The Morgan fingerprint density at radius 1 is 1.28 bits per heavy atom. The van der Waals surface area contributed by atoms with Gasteiger partial charge in [-0.15, -0.1) is 0 Å². The van der Waals surface area contributed by atoms with Crippen molar-refractivity contribution in [2.24, 2.45) is 0 Å². The highest BCUT2D eigenvalue weighted by Gasteiger charge is 2.34.